The van der Waals surface area contributed by atoms with Gasteiger partial charge in [-0.3, -0.25) is 0 Å². The molecular weight excluding hydrogens is 218 g/mol. The van der Waals surface area contributed by atoms with Gasteiger partial charge in [0.2, 0.25) is 15.9 Å². The number of nitrogens with one attached hydrogen (secondary N) is 1. The summed E-state index contributed by atoms with van der Waals surface area (Å²) in [6, 6.07) is 0. The van der Waals surface area contributed by atoms with Crippen molar-refractivity contribution < 1.29 is 12.9 Å². The average Bonchev–Trinajstić information content (AvgIpc) is 2.61. The van der Waals surface area contributed by atoms with Gasteiger partial charge in [0.05, 0.1) is 12.8 Å². The highest BCUT2D eigenvalue weighted by Gasteiger charge is 2.13. The van der Waals surface area contributed by atoms with Gasteiger partial charge >= 0.3 is 0 Å². The first-order valence-electron chi connectivity index (χ1n) is 4.69. The van der Waals surface area contributed by atoms with E-state index < -0.39 is 10.0 Å². The molecular formula is C8H15N3O3S. The third-order valence-electron chi connectivity index (χ3n) is 2.01. The van der Waals surface area contributed by atoms with Crippen LogP contribution in [0.1, 0.15) is 37.9 Å². The number of aromatic nitrogens is 2. The number of hydrogen-bond acceptors (Lipinski definition) is 5. The number of hydrogen-bond donors (Lipinski definition) is 1. The Morgan fingerprint density at radius 1 is 1.53 bits per heavy atom. The molecule has 1 rings (SSSR count). The van der Waals surface area contributed by atoms with E-state index >= 15 is 0 Å². The Kier molecular flexibility index (Phi) is 3.81. The lowest BCUT2D eigenvalue weighted by atomic mass is 10.1. The fourth-order valence-corrected chi connectivity index (χ4v) is 1.30. The van der Waals surface area contributed by atoms with Crippen LogP contribution in [0.3, 0.4) is 0 Å². The van der Waals surface area contributed by atoms with Crippen molar-refractivity contribution in [2.75, 3.05) is 6.26 Å². The Balaban J connectivity index is 2.61. The third kappa shape index (κ3) is 3.96. The zero-order valence-electron chi connectivity index (χ0n) is 9.02. The lowest BCUT2D eigenvalue weighted by Crippen LogP contribution is -2.21. The van der Waals surface area contributed by atoms with Crippen molar-refractivity contribution in [3.63, 3.8) is 0 Å². The second-order valence-corrected chi connectivity index (χ2v) is 5.28. The summed E-state index contributed by atoms with van der Waals surface area (Å²) >= 11 is 0. The Morgan fingerprint density at radius 2 is 2.20 bits per heavy atom. The maximum absolute atomic E-state index is 10.8. The normalized spacial score (nSPS) is 14.1. The molecule has 1 aromatic heterocycles. The molecule has 6 nitrogen and oxygen atoms in total. The summed E-state index contributed by atoms with van der Waals surface area (Å²) in [4.78, 5) is 4.08. The average molecular weight is 233 g/mol. The highest BCUT2D eigenvalue weighted by molar-refractivity contribution is 7.88. The van der Waals surface area contributed by atoms with Gasteiger partial charge in [-0.15, -0.1) is 0 Å². The molecule has 1 heterocycles. The molecule has 0 saturated heterocycles. The van der Waals surface area contributed by atoms with Gasteiger partial charge in [-0.05, 0) is 6.42 Å². The Hall–Kier alpha value is -0.950. The minimum absolute atomic E-state index is 0.0682. The van der Waals surface area contributed by atoms with Gasteiger partial charge in [-0.25, -0.2) is 13.1 Å². The Bertz CT molecular complexity index is 413. The van der Waals surface area contributed by atoms with E-state index in [2.05, 4.69) is 14.9 Å². The van der Waals surface area contributed by atoms with Gasteiger partial charge in [-0.2, -0.15) is 4.98 Å². The molecule has 0 spiro atoms. The predicted molar refractivity (Wildman–Crippen MR) is 54.7 cm³/mol. The maximum atomic E-state index is 10.8. The highest BCUT2D eigenvalue weighted by atomic mass is 32.2. The number of nitrogens with zero attached hydrogens (tertiary/aromatic N) is 2. The molecule has 0 aliphatic heterocycles. The SMILES string of the molecule is CC[C@H](C)c1nc(CNS(C)(=O)=O)no1. The summed E-state index contributed by atoms with van der Waals surface area (Å²) < 4.78 is 28.9. The summed E-state index contributed by atoms with van der Waals surface area (Å²) in [6.45, 7) is 4.06. The van der Waals surface area contributed by atoms with Crippen LogP contribution < -0.4 is 4.72 Å². The molecule has 0 aromatic carbocycles. The fraction of sp³-hybridized carbons (Fsp3) is 0.750. The Morgan fingerprint density at radius 3 is 2.73 bits per heavy atom. The fourth-order valence-electron chi connectivity index (χ4n) is 0.910. The van der Waals surface area contributed by atoms with Crippen molar-refractivity contribution in [1.29, 1.82) is 0 Å². The second-order valence-electron chi connectivity index (χ2n) is 3.45. The summed E-state index contributed by atoms with van der Waals surface area (Å²) in [5.41, 5.74) is 0. The van der Waals surface area contributed by atoms with Gasteiger partial charge in [0.25, 0.3) is 0 Å². The monoisotopic (exact) mass is 233 g/mol. The van der Waals surface area contributed by atoms with Crippen molar-refractivity contribution in [1.82, 2.24) is 14.9 Å². The molecule has 1 atom stereocenters. The third-order valence-corrected chi connectivity index (χ3v) is 2.68. The van der Waals surface area contributed by atoms with Crippen molar-refractivity contribution in [2.45, 2.75) is 32.7 Å². The van der Waals surface area contributed by atoms with Crippen LogP contribution >= 0.6 is 0 Å². The maximum Gasteiger partial charge on any atom is 0.229 e. The molecule has 86 valence electrons. The topological polar surface area (TPSA) is 85.1 Å². The van der Waals surface area contributed by atoms with Crippen molar-refractivity contribution in [3.05, 3.63) is 11.7 Å². The van der Waals surface area contributed by atoms with E-state index in [0.29, 0.717) is 11.7 Å². The molecule has 0 amide bonds. The zero-order valence-corrected chi connectivity index (χ0v) is 9.84. The first kappa shape index (κ1) is 12.1. The van der Waals surface area contributed by atoms with Crippen LogP contribution in [0.5, 0.6) is 0 Å². The largest absolute Gasteiger partial charge is 0.339 e. The van der Waals surface area contributed by atoms with E-state index in [0.717, 1.165) is 12.7 Å². The van der Waals surface area contributed by atoms with Crippen LogP contribution in [0.2, 0.25) is 0 Å². The minimum atomic E-state index is -3.21. The number of sulfonamides is 1. The lowest BCUT2D eigenvalue weighted by molar-refractivity contribution is 0.352. The summed E-state index contributed by atoms with van der Waals surface area (Å²) in [7, 11) is -3.21. The quantitative estimate of drug-likeness (QED) is 0.806. The molecule has 1 N–H and O–H groups in total. The minimum Gasteiger partial charge on any atom is -0.339 e. The molecule has 0 radical (unpaired) electrons. The van der Waals surface area contributed by atoms with Gasteiger partial charge in [0.1, 0.15) is 0 Å². The van der Waals surface area contributed by atoms with E-state index in [1.807, 2.05) is 13.8 Å². The second kappa shape index (κ2) is 4.71. The van der Waals surface area contributed by atoms with Crippen LogP contribution in [-0.2, 0) is 16.6 Å². The van der Waals surface area contributed by atoms with Crippen molar-refractivity contribution in [3.8, 4) is 0 Å². The highest BCUT2D eigenvalue weighted by Crippen LogP contribution is 2.15. The lowest BCUT2D eigenvalue weighted by Gasteiger charge is -1.98. The van der Waals surface area contributed by atoms with E-state index in [-0.39, 0.29) is 12.5 Å². The summed E-state index contributed by atoms with van der Waals surface area (Å²) in [5.74, 6) is 1.10. The first-order valence-corrected chi connectivity index (χ1v) is 6.58. The molecule has 0 aliphatic carbocycles. The van der Waals surface area contributed by atoms with Crippen LogP contribution in [0, 0.1) is 0 Å². The van der Waals surface area contributed by atoms with Gasteiger partial charge < -0.3 is 4.52 Å². The molecule has 0 saturated carbocycles. The zero-order chi connectivity index (χ0) is 11.5. The molecule has 0 unspecified atom stereocenters. The van der Waals surface area contributed by atoms with Crippen LogP contribution in [0.15, 0.2) is 4.52 Å². The smallest absolute Gasteiger partial charge is 0.229 e. The van der Waals surface area contributed by atoms with E-state index in [1.165, 1.54) is 0 Å². The summed E-state index contributed by atoms with van der Waals surface area (Å²) in [5, 5.41) is 3.68. The van der Waals surface area contributed by atoms with E-state index in [9.17, 15) is 8.42 Å². The first-order chi connectivity index (χ1) is 6.92. The van der Waals surface area contributed by atoms with E-state index in [4.69, 9.17) is 4.52 Å². The van der Waals surface area contributed by atoms with Crippen LogP contribution in [0.4, 0.5) is 0 Å². The predicted octanol–water partition coefficient (Wildman–Crippen LogP) is 0.632. The molecule has 0 fully saturated rings. The van der Waals surface area contributed by atoms with Crippen LogP contribution in [0.25, 0.3) is 0 Å². The molecule has 15 heavy (non-hydrogen) atoms. The summed E-state index contributed by atoms with van der Waals surface area (Å²) in [6.07, 6.45) is 1.99. The van der Waals surface area contributed by atoms with Gasteiger partial charge in [-0.1, -0.05) is 19.0 Å². The van der Waals surface area contributed by atoms with E-state index in [1.54, 1.807) is 0 Å². The van der Waals surface area contributed by atoms with Gasteiger partial charge in [0.15, 0.2) is 5.82 Å². The standard InChI is InChI=1S/C8H15N3O3S/c1-4-6(2)8-10-7(11-14-8)5-9-15(3,12)13/h6,9H,4-5H2,1-3H3/t6-/m0/s1. The molecule has 0 bridgehead atoms. The van der Waals surface area contributed by atoms with Crippen LogP contribution in [-0.4, -0.2) is 24.8 Å². The molecule has 0 aliphatic rings. The van der Waals surface area contributed by atoms with Crippen molar-refractivity contribution in [2.24, 2.45) is 0 Å². The molecule has 7 heteroatoms. The molecule has 1 aromatic rings. The van der Waals surface area contributed by atoms with Gasteiger partial charge in [0, 0.05) is 5.92 Å². The Labute approximate surface area is 89.1 Å². The van der Waals surface area contributed by atoms with Crippen molar-refractivity contribution >= 4 is 10.0 Å². The number of rotatable bonds is 5.